The zero-order valence-corrected chi connectivity index (χ0v) is 28.3. The molecule has 2 unspecified atom stereocenters. The van der Waals surface area contributed by atoms with Gasteiger partial charge in [-0.2, -0.15) is 18.7 Å². The number of halogens is 6. The minimum absolute atomic E-state index is 0.0130. The van der Waals surface area contributed by atoms with Crippen LogP contribution in [0.5, 0.6) is 6.01 Å². The Morgan fingerprint density at radius 2 is 1.98 bits per heavy atom. The number of fused-ring (bicyclic) bond motifs is 5. The summed E-state index contributed by atoms with van der Waals surface area (Å²) in [5.74, 6) is 0.824. The summed E-state index contributed by atoms with van der Waals surface area (Å²) in [6, 6.07) is -0.817. The van der Waals surface area contributed by atoms with Crippen LogP contribution in [-0.2, 0) is 11.2 Å². The van der Waals surface area contributed by atoms with E-state index in [0.717, 1.165) is 12.5 Å². The Labute approximate surface area is 292 Å². The molecular weight excluding hydrogens is 672 g/mol. The quantitative estimate of drug-likeness (QED) is 0.268. The van der Waals surface area contributed by atoms with E-state index in [4.69, 9.17) is 20.2 Å². The van der Waals surface area contributed by atoms with Gasteiger partial charge in [-0.05, 0) is 56.7 Å². The third-order valence-electron chi connectivity index (χ3n) is 11.7. The van der Waals surface area contributed by atoms with E-state index in [1.807, 2.05) is 16.7 Å². The maximum Gasteiger partial charge on any atom is 0.319 e. The fraction of sp³-hybridized carbons (Fsp3) is 0.526. The molecule has 0 radical (unpaired) electrons. The Balaban J connectivity index is 1.27. The van der Waals surface area contributed by atoms with Crippen molar-refractivity contribution in [2.24, 2.45) is 23.5 Å². The number of nitrogens with zero attached hydrogens (tertiary/aromatic N) is 4. The largest absolute Gasteiger partial charge is 0.461 e. The molecule has 1 aromatic rings. The third-order valence-corrected chi connectivity index (χ3v) is 11.7. The molecule has 1 aromatic heterocycles. The van der Waals surface area contributed by atoms with E-state index < -0.39 is 58.6 Å². The van der Waals surface area contributed by atoms with Crippen LogP contribution in [0.15, 0.2) is 64.5 Å². The first kappa shape index (κ1) is 34.1. The van der Waals surface area contributed by atoms with Crippen molar-refractivity contribution in [3.8, 4) is 17.9 Å². The molecule has 3 saturated heterocycles. The zero-order valence-electron chi connectivity index (χ0n) is 28.3. The highest BCUT2D eigenvalue weighted by Gasteiger charge is 2.69. The average Bonchev–Trinajstić information content (AvgIpc) is 3.34. The summed E-state index contributed by atoms with van der Waals surface area (Å²) in [4.78, 5) is 13.1. The van der Waals surface area contributed by atoms with E-state index in [1.165, 1.54) is 0 Å². The van der Waals surface area contributed by atoms with Crippen LogP contribution < -0.4 is 15.4 Å². The molecule has 5 heterocycles. The number of hydrogen-bond acceptors (Lipinski definition) is 7. The van der Waals surface area contributed by atoms with E-state index in [-0.39, 0.29) is 86.1 Å². The van der Waals surface area contributed by atoms with Crippen molar-refractivity contribution in [1.82, 2.24) is 14.9 Å². The number of nitrogens with two attached hydrogens (primary N) is 1. The zero-order chi connectivity index (χ0) is 35.7. The molecule has 6 atom stereocenters. The summed E-state index contributed by atoms with van der Waals surface area (Å²) in [6.45, 7) is 3.35. The van der Waals surface area contributed by atoms with Crippen LogP contribution in [0.25, 0.3) is 5.83 Å². The molecule has 7 aliphatic rings. The average molecular weight is 712 g/mol. The normalized spacial score (nSPS) is 34.5. The molecule has 4 fully saturated rings. The van der Waals surface area contributed by atoms with Crippen LogP contribution in [-0.4, -0.2) is 71.6 Å². The van der Waals surface area contributed by atoms with Crippen molar-refractivity contribution in [3.63, 3.8) is 0 Å². The highest BCUT2D eigenvalue weighted by molar-refractivity contribution is 5.72. The first-order chi connectivity index (χ1) is 24.6. The lowest BCUT2D eigenvalue weighted by Gasteiger charge is -2.32. The smallest absolute Gasteiger partial charge is 0.319 e. The second-order valence-electron chi connectivity index (χ2n) is 14.5. The van der Waals surface area contributed by atoms with E-state index in [1.54, 1.807) is 18.2 Å². The summed E-state index contributed by atoms with van der Waals surface area (Å²) in [5.41, 5.74) is 4.28. The molecule has 270 valence electrons. The number of anilines is 1. The Hall–Kier alpha value is -4.02. The van der Waals surface area contributed by atoms with Gasteiger partial charge >= 0.3 is 6.01 Å². The highest BCUT2D eigenvalue weighted by Crippen LogP contribution is 2.56. The van der Waals surface area contributed by atoms with Crippen molar-refractivity contribution < 1.29 is 35.8 Å². The summed E-state index contributed by atoms with van der Waals surface area (Å²) in [7, 11) is 0. The molecule has 51 heavy (non-hydrogen) atoms. The molecule has 0 aromatic carbocycles. The lowest BCUT2D eigenvalue weighted by molar-refractivity contribution is 0.107. The molecule has 0 amide bonds. The Kier molecular flexibility index (Phi) is 8.61. The number of rotatable bonds is 4. The molecular formula is C38H39F6N5O2. The van der Waals surface area contributed by atoms with Crippen molar-refractivity contribution in [3.05, 3.63) is 75.7 Å². The van der Waals surface area contributed by atoms with Gasteiger partial charge in [-0.15, -0.1) is 0 Å². The maximum atomic E-state index is 17.1. The molecule has 13 heteroatoms. The number of aromatic nitrogens is 2. The minimum atomic E-state index is -1.69. The van der Waals surface area contributed by atoms with Crippen molar-refractivity contribution >= 4 is 11.6 Å². The molecule has 7 nitrogen and oxygen atoms in total. The fourth-order valence-electron chi connectivity index (χ4n) is 9.14. The lowest BCUT2D eigenvalue weighted by Crippen LogP contribution is -2.43. The van der Waals surface area contributed by atoms with Crippen molar-refractivity contribution in [1.29, 1.82) is 0 Å². The van der Waals surface area contributed by atoms with Gasteiger partial charge in [0.1, 0.15) is 23.8 Å². The lowest BCUT2D eigenvalue weighted by atomic mass is 9.73. The molecule has 8 rings (SSSR count). The van der Waals surface area contributed by atoms with E-state index in [0.29, 0.717) is 37.4 Å². The van der Waals surface area contributed by atoms with Crippen LogP contribution in [0, 0.1) is 29.6 Å². The highest BCUT2D eigenvalue weighted by atomic mass is 19.3. The predicted octanol–water partition coefficient (Wildman–Crippen LogP) is 6.95. The van der Waals surface area contributed by atoms with Gasteiger partial charge in [0.2, 0.25) is 0 Å². The van der Waals surface area contributed by atoms with Crippen LogP contribution >= 0.6 is 0 Å². The van der Waals surface area contributed by atoms with Gasteiger partial charge < -0.3 is 20.1 Å². The standard InChI is InChI=1S/C38H39F6N5O2/c1-2-23-32-30(41)31(45)25-10-6-8-21-16-27(39)29(40)24(28(21)25)9-4-3-5-12-38(44)26-19-50-15-14-49(33(26)38)35(23)47-36(46-32)51-20-37-11-7-13-48(37)18-22(17-37)34(42)43/h6,8,10,16,21,26,28,33H,2-3,5,7,11-15,17-20,45H2,1H3/b31-30+/t21?,26-,28?,33+,37-,38+/m1/s1. The van der Waals surface area contributed by atoms with Crippen molar-refractivity contribution in [2.45, 2.75) is 69.1 Å². The van der Waals surface area contributed by atoms with E-state index in [9.17, 15) is 13.2 Å². The molecule has 2 N–H and O–H groups in total. The Bertz CT molecular complexity index is 1910. The van der Waals surface area contributed by atoms with Gasteiger partial charge in [-0.25, -0.2) is 17.6 Å². The summed E-state index contributed by atoms with van der Waals surface area (Å²) < 4.78 is 104. The van der Waals surface area contributed by atoms with Crippen LogP contribution in [0.3, 0.4) is 0 Å². The van der Waals surface area contributed by atoms with Gasteiger partial charge in [-0.1, -0.05) is 37.0 Å². The summed E-state index contributed by atoms with van der Waals surface area (Å²) in [6.07, 6.45) is 6.88. The molecule has 2 bridgehead atoms. The van der Waals surface area contributed by atoms with E-state index in [2.05, 4.69) is 16.8 Å². The fourth-order valence-corrected chi connectivity index (χ4v) is 9.14. The number of allylic oxidation sites excluding steroid dienone is 8. The SMILES string of the molecule is CCc1c2nc(OC[C@]34CCCN3CC(=C(F)F)C4)nc1N1CCOC[C@@H]3[C@H]1[C@]3(F)CCCC#CC1=C(F)C(F)=CC3C=CC=C(/C(N)=C/2F)C13. The van der Waals surface area contributed by atoms with E-state index >= 15 is 13.2 Å². The van der Waals surface area contributed by atoms with Crippen molar-refractivity contribution in [2.75, 3.05) is 44.4 Å². The topological polar surface area (TPSA) is 76.7 Å². The van der Waals surface area contributed by atoms with Crippen LogP contribution in [0.1, 0.15) is 56.7 Å². The first-order valence-electron chi connectivity index (χ1n) is 17.7. The minimum Gasteiger partial charge on any atom is -0.461 e. The Morgan fingerprint density at radius 3 is 2.78 bits per heavy atom. The van der Waals surface area contributed by atoms with Crippen LogP contribution in [0.2, 0.25) is 0 Å². The number of hydrogen-bond donors (Lipinski definition) is 1. The second kappa shape index (κ2) is 12.9. The second-order valence-corrected chi connectivity index (χ2v) is 14.5. The monoisotopic (exact) mass is 711 g/mol. The van der Waals surface area contributed by atoms with Gasteiger partial charge in [0, 0.05) is 54.0 Å². The van der Waals surface area contributed by atoms with Gasteiger partial charge in [0.05, 0.1) is 30.5 Å². The molecule has 3 aliphatic carbocycles. The first-order valence-corrected chi connectivity index (χ1v) is 17.7. The summed E-state index contributed by atoms with van der Waals surface area (Å²) >= 11 is 0. The van der Waals surface area contributed by atoms with Crippen LogP contribution in [0.4, 0.5) is 32.2 Å². The van der Waals surface area contributed by atoms with Gasteiger partial charge in [0.25, 0.3) is 6.08 Å². The predicted molar refractivity (Wildman–Crippen MR) is 179 cm³/mol. The van der Waals surface area contributed by atoms with Gasteiger partial charge in [0.15, 0.2) is 17.5 Å². The number of ether oxygens (including phenoxy) is 2. The summed E-state index contributed by atoms with van der Waals surface area (Å²) in [5, 5.41) is 0. The Morgan fingerprint density at radius 1 is 1.14 bits per heavy atom. The third kappa shape index (κ3) is 5.60. The maximum absolute atomic E-state index is 17.1. The number of alkyl halides is 1. The van der Waals surface area contributed by atoms with Gasteiger partial charge in [-0.3, -0.25) is 4.90 Å². The molecule has 1 saturated carbocycles. The molecule has 0 spiro atoms. The molecule has 4 aliphatic heterocycles.